The molecule has 0 heterocycles. The molecule has 1 rings (SSSR count). The Morgan fingerprint density at radius 1 is 1.17 bits per heavy atom. The number of carbonyl (C=O) groups is 1. The zero-order valence-corrected chi connectivity index (χ0v) is 10.5. The van der Waals surface area contributed by atoms with Gasteiger partial charge in [0.25, 0.3) is 0 Å². The molecule has 18 heavy (non-hydrogen) atoms. The summed E-state index contributed by atoms with van der Waals surface area (Å²) in [5.41, 5.74) is -0.391. The van der Waals surface area contributed by atoms with Crippen LogP contribution in [0.3, 0.4) is 0 Å². The van der Waals surface area contributed by atoms with Crippen LogP contribution in [-0.2, 0) is 4.79 Å². The summed E-state index contributed by atoms with van der Waals surface area (Å²) in [6, 6.07) is 0. The highest BCUT2D eigenvalue weighted by molar-refractivity contribution is 9.09. The third-order valence-corrected chi connectivity index (χ3v) is 3.98. The van der Waals surface area contributed by atoms with Crippen molar-refractivity contribution in [2.75, 3.05) is 11.9 Å². The topological polar surface area (TPSA) is 29.1 Å². The minimum absolute atomic E-state index is 0.181. The summed E-state index contributed by atoms with van der Waals surface area (Å²) in [5, 5.41) is 2.17. The van der Waals surface area contributed by atoms with Crippen molar-refractivity contribution in [3.05, 3.63) is 0 Å². The lowest BCUT2D eigenvalue weighted by atomic mass is 10.1. The highest BCUT2D eigenvalue weighted by Crippen LogP contribution is 2.46. The molecular weight excluding hydrogens is 332 g/mol. The number of amides is 1. The van der Waals surface area contributed by atoms with Gasteiger partial charge in [-0.15, -0.1) is 0 Å². The number of halogens is 7. The van der Waals surface area contributed by atoms with E-state index in [4.69, 9.17) is 0 Å². The Labute approximate surface area is 107 Å². The second-order valence-corrected chi connectivity index (χ2v) is 4.93. The summed E-state index contributed by atoms with van der Waals surface area (Å²) in [6.45, 7) is -0.181. The van der Waals surface area contributed by atoms with E-state index < -0.39 is 29.6 Å². The Morgan fingerprint density at radius 3 is 1.89 bits per heavy atom. The lowest BCUT2D eigenvalue weighted by Gasteiger charge is -2.23. The summed E-state index contributed by atoms with van der Waals surface area (Å²) in [7, 11) is 0. The molecule has 1 amide bonds. The van der Waals surface area contributed by atoms with Crippen LogP contribution in [0.15, 0.2) is 0 Å². The molecule has 2 nitrogen and oxygen atoms in total. The smallest absolute Gasteiger partial charge is 0.355 e. The molecule has 1 aliphatic rings. The van der Waals surface area contributed by atoms with E-state index in [1.807, 2.05) is 0 Å². The van der Waals surface area contributed by atoms with Gasteiger partial charge in [-0.05, 0) is 18.3 Å². The van der Waals surface area contributed by atoms with E-state index in [1.165, 1.54) is 0 Å². The molecule has 0 radical (unpaired) electrons. The van der Waals surface area contributed by atoms with E-state index in [1.54, 1.807) is 5.32 Å². The molecule has 0 aromatic carbocycles. The number of carbonyl (C=O) groups excluding carboxylic acids is 1. The number of hydrogen-bond acceptors (Lipinski definition) is 1. The molecule has 0 saturated heterocycles. The van der Waals surface area contributed by atoms with Crippen molar-refractivity contribution in [1.29, 1.82) is 0 Å². The average Bonchev–Trinajstić information content (AvgIpc) is 2.90. The first-order valence-corrected chi connectivity index (χ1v) is 6.11. The van der Waals surface area contributed by atoms with Crippen LogP contribution < -0.4 is 5.32 Å². The summed E-state index contributed by atoms with van der Waals surface area (Å²) in [4.78, 5) is 11.1. The molecule has 0 aromatic rings. The Bertz CT molecular complexity index is 308. The number of hydrogen-bond donors (Lipinski definition) is 1. The molecule has 1 fully saturated rings. The number of rotatable bonds is 4. The van der Waals surface area contributed by atoms with Gasteiger partial charge < -0.3 is 5.32 Å². The van der Waals surface area contributed by atoms with Gasteiger partial charge in [0.15, 0.2) is 0 Å². The van der Waals surface area contributed by atoms with Crippen LogP contribution in [0, 0.1) is 11.3 Å². The van der Waals surface area contributed by atoms with Crippen molar-refractivity contribution in [2.24, 2.45) is 11.3 Å². The largest absolute Gasteiger partial charge is 0.409 e. The van der Waals surface area contributed by atoms with E-state index >= 15 is 0 Å². The van der Waals surface area contributed by atoms with E-state index in [0.717, 1.165) is 0 Å². The molecule has 9 heteroatoms. The molecule has 0 bridgehead atoms. The highest BCUT2D eigenvalue weighted by atomic mass is 79.9. The summed E-state index contributed by atoms with van der Waals surface area (Å²) in [6.07, 6.45) is -9.93. The van der Waals surface area contributed by atoms with Crippen LogP contribution in [0.5, 0.6) is 0 Å². The minimum Gasteiger partial charge on any atom is -0.355 e. The Balaban J connectivity index is 2.67. The number of nitrogens with one attached hydrogen (secondary N) is 1. The predicted octanol–water partition coefficient (Wildman–Crippen LogP) is 3.02. The van der Waals surface area contributed by atoms with Gasteiger partial charge >= 0.3 is 12.4 Å². The maximum Gasteiger partial charge on any atom is 0.409 e. The van der Waals surface area contributed by atoms with Gasteiger partial charge in [-0.2, -0.15) is 26.3 Å². The van der Waals surface area contributed by atoms with Crippen LogP contribution in [0.2, 0.25) is 0 Å². The second kappa shape index (κ2) is 4.90. The quantitative estimate of drug-likeness (QED) is 0.618. The molecule has 1 aliphatic carbocycles. The van der Waals surface area contributed by atoms with Crippen molar-refractivity contribution in [3.63, 3.8) is 0 Å². The van der Waals surface area contributed by atoms with Crippen molar-refractivity contribution in [3.8, 4) is 0 Å². The van der Waals surface area contributed by atoms with E-state index in [0.29, 0.717) is 18.2 Å². The van der Waals surface area contributed by atoms with Gasteiger partial charge in [-0.25, -0.2) is 0 Å². The molecule has 0 aliphatic heterocycles. The van der Waals surface area contributed by atoms with Crippen LogP contribution in [0.1, 0.15) is 12.8 Å². The van der Waals surface area contributed by atoms with Crippen LogP contribution >= 0.6 is 15.9 Å². The predicted molar refractivity (Wildman–Crippen MR) is 54.1 cm³/mol. The third kappa shape index (κ3) is 3.76. The molecule has 0 atom stereocenters. The summed E-state index contributed by atoms with van der Waals surface area (Å²) >= 11 is 3.10. The molecule has 1 N–H and O–H groups in total. The fourth-order valence-corrected chi connectivity index (χ4v) is 2.15. The first-order valence-electron chi connectivity index (χ1n) is 4.99. The zero-order chi connectivity index (χ0) is 14.2. The SMILES string of the molecule is O=C(NCC1(CBr)CC1)C(C(F)(F)F)C(F)(F)F. The van der Waals surface area contributed by atoms with Crippen LogP contribution in [-0.4, -0.2) is 30.1 Å². The Morgan fingerprint density at radius 2 is 1.61 bits per heavy atom. The van der Waals surface area contributed by atoms with Crippen molar-refractivity contribution < 1.29 is 31.1 Å². The van der Waals surface area contributed by atoms with E-state index in [9.17, 15) is 31.1 Å². The average molecular weight is 342 g/mol. The molecule has 106 valence electrons. The summed E-state index contributed by atoms with van der Waals surface area (Å²) in [5.74, 6) is -6.00. The van der Waals surface area contributed by atoms with Gasteiger partial charge in [0.1, 0.15) is 0 Å². The van der Waals surface area contributed by atoms with Gasteiger partial charge in [0, 0.05) is 11.9 Å². The fraction of sp³-hybridized carbons (Fsp3) is 0.889. The normalized spacial score (nSPS) is 18.9. The van der Waals surface area contributed by atoms with Gasteiger partial charge in [0.2, 0.25) is 11.8 Å². The zero-order valence-electron chi connectivity index (χ0n) is 8.96. The van der Waals surface area contributed by atoms with E-state index in [-0.39, 0.29) is 6.54 Å². The van der Waals surface area contributed by atoms with Crippen molar-refractivity contribution in [2.45, 2.75) is 25.2 Å². The standard InChI is InChI=1S/C9H10BrF6NO/c10-3-7(1-2-7)4-17-6(18)5(8(11,12)13)9(14,15)16/h5H,1-4H2,(H,17,18). The van der Waals surface area contributed by atoms with Crippen molar-refractivity contribution in [1.82, 2.24) is 5.32 Å². The Hall–Kier alpha value is -0.470. The van der Waals surface area contributed by atoms with E-state index in [2.05, 4.69) is 15.9 Å². The highest BCUT2D eigenvalue weighted by Gasteiger charge is 2.61. The minimum atomic E-state index is -5.63. The van der Waals surface area contributed by atoms with Crippen LogP contribution in [0.25, 0.3) is 0 Å². The second-order valence-electron chi connectivity index (χ2n) is 4.37. The fourth-order valence-electron chi connectivity index (χ4n) is 1.39. The first-order chi connectivity index (χ1) is 8.02. The number of alkyl halides is 7. The lowest BCUT2D eigenvalue weighted by molar-refractivity contribution is -0.274. The lowest BCUT2D eigenvalue weighted by Crippen LogP contribution is -2.49. The molecule has 1 saturated carbocycles. The maximum absolute atomic E-state index is 12.2. The Kier molecular flexibility index (Phi) is 4.24. The van der Waals surface area contributed by atoms with Gasteiger partial charge in [-0.1, -0.05) is 15.9 Å². The molecule has 0 unspecified atom stereocenters. The molecule has 0 aromatic heterocycles. The molecular formula is C9H10BrF6NO. The maximum atomic E-state index is 12.2. The van der Waals surface area contributed by atoms with Gasteiger partial charge in [0.05, 0.1) is 0 Å². The first kappa shape index (κ1) is 15.6. The summed E-state index contributed by atoms with van der Waals surface area (Å²) < 4.78 is 73.2. The van der Waals surface area contributed by atoms with Crippen LogP contribution in [0.4, 0.5) is 26.3 Å². The monoisotopic (exact) mass is 341 g/mol. The third-order valence-electron chi connectivity index (χ3n) is 2.80. The van der Waals surface area contributed by atoms with Gasteiger partial charge in [-0.3, -0.25) is 4.79 Å². The van der Waals surface area contributed by atoms with Crippen molar-refractivity contribution >= 4 is 21.8 Å². The molecule has 0 spiro atoms.